The van der Waals surface area contributed by atoms with E-state index in [1.165, 1.54) is 5.56 Å². The summed E-state index contributed by atoms with van der Waals surface area (Å²) < 4.78 is 5.16. The number of carbonyl (C=O) groups is 1. The van der Waals surface area contributed by atoms with Crippen LogP contribution >= 0.6 is 0 Å². The normalized spacial score (nSPS) is 14.8. The van der Waals surface area contributed by atoms with Crippen LogP contribution in [0.5, 0.6) is 0 Å². The van der Waals surface area contributed by atoms with Crippen LogP contribution in [0.25, 0.3) is 11.4 Å². The largest absolute Gasteiger partial charge is 0.399 e. The lowest BCUT2D eigenvalue weighted by Gasteiger charge is -2.33. The zero-order chi connectivity index (χ0) is 23.5. The number of piperidine rings is 1. The van der Waals surface area contributed by atoms with Crippen LogP contribution in [0.15, 0.2) is 36.4 Å². The summed E-state index contributed by atoms with van der Waals surface area (Å²) in [6, 6.07) is 12.2. The number of nitrogens with one attached hydrogen (secondary N) is 1. The summed E-state index contributed by atoms with van der Waals surface area (Å²) in [7, 11) is 1.63. The monoisotopic (exact) mass is 447 g/mol. The van der Waals surface area contributed by atoms with Gasteiger partial charge in [0.2, 0.25) is 0 Å². The quantitative estimate of drug-likeness (QED) is 0.536. The van der Waals surface area contributed by atoms with E-state index < -0.39 is 0 Å². The van der Waals surface area contributed by atoms with E-state index in [-0.39, 0.29) is 11.8 Å². The summed E-state index contributed by atoms with van der Waals surface area (Å²) >= 11 is 0. The van der Waals surface area contributed by atoms with E-state index >= 15 is 0 Å². The van der Waals surface area contributed by atoms with E-state index in [1.54, 1.807) is 7.11 Å². The zero-order valence-corrected chi connectivity index (χ0v) is 19.9. The molecule has 2 aromatic carbocycles. The Kier molecular flexibility index (Phi) is 6.79. The molecule has 174 valence electrons. The first-order valence-corrected chi connectivity index (χ1v) is 11.6. The molecule has 4 rings (SSSR count). The number of anilines is 1. The van der Waals surface area contributed by atoms with Crippen molar-refractivity contribution in [2.45, 2.75) is 52.1 Å². The smallest absolute Gasteiger partial charge is 0.254 e. The molecule has 33 heavy (non-hydrogen) atoms. The number of nitrogens with two attached hydrogens (primary N) is 1. The number of ether oxygens (including phenoxy) is 1. The summed E-state index contributed by atoms with van der Waals surface area (Å²) in [5, 5.41) is 8.50. The van der Waals surface area contributed by atoms with Crippen LogP contribution in [0.1, 0.15) is 71.4 Å². The van der Waals surface area contributed by atoms with Crippen molar-refractivity contribution in [3.8, 4) is 11.4 Å². The third kappa shape index (κ3) is 4.93. The van der Waals surface area contributed by atoms with Crippen LogP contribution in [-0.4, -0.2) is 46.2 Å². The zero-order valence-electron chi connectivity index (χ0n) is 19.9. The van der Waals surface area contributed by atoms with Gasteiger partial charge in [-0.1, -0.05) is 32.0 Å². The van der Waals surface area contributed by atoms with Gasteiger partial charge in [0.15, 0.2) is 11.6 Å². The van der Waals surface area contributed by atoms with Crippen molar-refractivity contribution in [2.24, 2.45) is 0 Å². The number of hydrogen-bond acceptors (Lipinski definition) is 5. The van der Waals surface area contributed by atoms with Crippen molar-refractivity contribution in [3.05, 3.63) is 64.5 Å². The number of nitrogens with zero attached hydrogens (tertiary/aromatic N) is 3. The van der Waals surface area contributed by atoms with Crippen molar-refractivity contribution in [1.82, 2.24) is 20.1 Å². The minimum Gasteiger partial charge on any atom is -0.399 e. The molecule has 0 atom stereocenters. The van der Waals surface area contributed by atoms with Crippen molar-refractivity contribution in [2.75, 3.05) is 25.9 Å². The number of likely N-dealkylation sites (tertiary alicyclic amines) is 1. The van der Waals surface area contributed by atoms with Crippen molar-refractivity contribution < 1.29 is 9.53 Å². The highest BCUT2D eigenvalue weighted by molar-refractivity contribution is 5.97. The van der Waals surface area contributed by atoms with Crippen LogP contribution in [0.3, 0.4) is 0 Å². The first kappa shape index (κ1) is 23.0. The third-order valence-corrected chi connectivity index (χ3v) is 6.51. The van der Waals surface area contributed by atoms with Gasteiger partial charge in [-0.15, -0.1) is 10.2 Å². The van der Waals surface area contributed by atoms with Crippen molar-refractivity contribution in [1.29, 1.82) is 0 Å². The van der Waals surface area contributed by atoms with Crippen LogP contribution < -0.4 is 5.73 Å². The van der Waals surface area contributed by atoms with Gasteiger partial charge in [-0.05, 0) is 66.5 Å². The number of aromatic nitrogens is 3. The Bertz CT molecular complexity index is 1110. The Morgan fingerprint density at radius 3 is 2.52 bits per heavy atom. The number of rotatable bonds is 6. The number of aryl methyl sites for hydroxylation is 1. The average Bonchev–Trinajstić information content (AvgIpc) is 3.28. The number of benzene rings is 2. The molecule has 0 radical (unpaired) electrons. The summed E-state index contributed by atoms with van der Waals surface area (Å²) in [5.41, 5.74) is 11.7. The van der Waals surface area contributed by atoms with Crippen molar-refractivity contribution in [3.63, 3.8) is 0 Å². The Hall–Kier alpha value is -3.19. The Labute approximate surface area is 195 Å². The van der Waals surface area contributed by atoms with E-state index in [2.05, 4.69) is 47.2 Å². The Morgan fingerprint density at radius 2 is 1.88 bits per heavy atom. The molecule has 0 aliphatic carbocycles. The van der Waals surface area contributed by atoms with Crippen LogP contribution in [0.4, 0.5) is 5.69 Å². The fourth-order valence-corrected chi connectivity index (χ4v) is 4.62. The van der Waals surface area contributed by atoms with Crippen LogP contribution in [-0.2, 0) is 11.3 Å². The Morgan fingerprint density at radius 1 is 1.18 bits per heavy atom. The number of amides is 1. The van der Waals surface area contributed by atoms with E-state index in [1.807, 2.05) is 30.0 Å². The minimum absolute atomic E-state index is 0.0800. The van der Waals surface area contributed by atoms with Gasteiger partial charge in [0, 0.05) is 37.0 Å². The first-order chi connectivity index (χ1) is 15.9. The molecule has 1 saturated heterocycles. The molecule has 1 aromatic heterocycles. The fourth-order valence-electron chi connectivity index (χ4n) is 4.62. The molecule has 0 unspecified atom stereocenters. The molecular weight excluding hydrogens is 414 g/mol. The van der Waals surface area contributed by atoms with E-state index in [0.29, 0.717) is 24.2 Å². The highest BCUT2D eigenvalue weighted by atomic mass is 16.5. The number of H-pyrrole nitrogens is 1. The van der Waals surface area contributed by atoms with Crippen LogP contribution in [0.2, 0.25) is 0 Å². The van der Waals surface area contributed by atoms with Gasteiger partial charge in [-0.25, -0.2) is 0 Å². The van der Waals surface area contributed by atoms with E-state index in [9.17, 15) is 4.79 Å². The van der Waals surface area contributed by atoms with E-state index in [4.69, 9.17) is 10.5 Å². The predicted octanol–water partition coefficient (Wildman–Crippen LogP) is 4.65. The number of aromatic amines is 1. The van der Waals surface area contributed by atoms with Gasteiger partial charge in [0.05, 0.1) is 0 Å². The minimum atomic E-state index is 0.0800. The molecule has 1 aliphatic rings. The highest BCUT2D eigenvalue weighted by Gasteiger charge is 2.27. The van der Waals surface area contributed by atoms with Crippen LogP contribution in [0, 0.1) is 6.92 Å². The standard InChI is InChI=1S/C26H33N5O2/c1-16(2)21-13-17(3)22(14-23(21)25-28-24(15-33-4)29-30-25)26(32)31-11-9-19(10-12-31)18-5-7-20(27)8-6-18/h5-8,13-14,16,19H,9-12,15,27H2,1-4H3,(H,28,29,30). The van der Waals surface area contributed by atoms with Gasteiger partial charge in [0.25, 0.3) is 5.91 Å². The lowest BCUT2D eigenvalue weighted by molar-refractivity contribution is 0.0712. The summed E-state index contributed by atoms with van der Waals surface area (Å²) in [4.78, 5) is 18.7. The SMILES string of the molecule is COCc1nnc(-c2cc(C(=O)N3CCC(c4ccc(N)cc4)CC3)c(C)cc2C(C)C)[nH]1. The average molecular weight is 448 g/mol. The van der Waals surface area contributed by atoms with Gasteiger partial charge < -0.3 is 20.4 Å². The predicted molar refractivity (Wildman–Crippen MR) is 130 cm³/mol. The molecule has 3 aromatic rings. The summed E-state index contributed by atoms with van der Waals surface area (Å²) in [6.45, 7) is 8.16. The highest BCUT2D eigenvalue weighted by Crippen LogP contribution is 2.33. The van der Waals surface area contributed by atoms with Gasteiger partial charge in [-0.2, -0.15) is 0 Å². The maximum Gasteiger partial charge on any atom is 0.254 e. The number of hydrogen-bond donors (Lipinski definition) is 2. The molecule has 7 nitrogen and oxygen atoms in total. The van der Waals surface area contributed by atoms with E-state index in [0.717, 1.165) is 53.9 Å². The van der Waals surface area contributed by atoms with Crippen molar-refractivity contribution >= 4 is 11.6 Å². The van der Waals surface area contributed by atoms with Gasteiger partial charge in [0.1, 0.15) is 6.61 Å². The first-order valence-electron chi connectivity index (χ1n) is 11.6. The van der Waals surface area contributed by atoms with Gasteiger partial charge >= 0.3 is 0 Å². The number of nitrogen functional groups attached to an aromatic ring is 1. The second kappa shape index (κ2) is 9.75. The second-order valence-corrected chi connectivity index (χ2v) is 9.20. The second-order valence-electron chi connectivity index (χ2n) is 9.20. The Balaban J connectivity index is 1.56. The topological polar surface area (TPSA) is 97.1 Å². The number of methoxy groups -OCH3 is 1. The molecule has 2 heterocycles. The molecule has 0 bridgehead atoms. The lowest BCUT2D eigenvalue weighted by atomic mass is 9.88. The van der Waals surface area contributed by atoms with Gasteiger partial charge in [-0.3, -0.25) is 4.79 Å². The fraction of sp³-hybridized carbons (Fsp3) is 0.423. The summed E-state index contributed by atoms with van der Waals surface area (Å²) in [5.74, 6) is 2.16. The molecule has 0 spiro atoms. The maximum absolute atomic E-state index is 13.5. The molecule has 0 saturated carbocycles. The molecule has 1 aliphatic heterocycles. The molecular formula is C26H33N5O2. The molecule has 3 N–H and O–H groups in total. The molecule has 7 heteroatoms. The molecule has 1 amide bonds. The maximum atomic E-state index is 13.5. The number of carbonyl (C=O) groups excluding carboxylic acids is 1. The third-order valence-electron chi connectivity index (χ3n) is 6.51. The lowest BCUT2D eigenvalue weighted by Crippen LogP contribution is -2.38. The summed E-state index contributed by atoms with van der Waals surface area (Å²) in [6.07, 6.45) is 1.91. The molecule has 1 fully saturated rings.